The Balaban J connectivity index is 1.62. The van der Waals surface area contributed by atoms with Gasteiger partial charge in [-0.3, -0.25) is 9.52 Å². The maximum atomic E-state index is 14.2. The summed E-state index contributed by atoms with van der Waals surface area (Å²) in [5.74, 6) is -0.0787. The van der Waals surface area contributed by atoms with Gasteiger partial charge in [0.1, 0.15) is 23.5 Å². The van der Waals surface area contributed by atoms with E-state index in [1.54, 1.807) is 12.5 Å². The van der Waals surface area contributed by atoms with Crippen molar-refractivity contribution < 1.29 is 13.9 Å². The van der Waals surface area contributed by atoms with E-state index in [1.165, 1.54) is 12.1 Å². The number of carbonyl (C=O) groups is 1. The number of nitrogens with zero attached hydrogens (tertiary/aromatic N) is 2. The summed E-state index contributed by atoms with van der Waals surface area (Å²) in [5, 5.41) is 0.813. The number of anilines is 1. The number of carbonyl (C=O) groups excluding carboxylic acids is 1. The minimum Gasteiger partial charge on any atom is -0.489 e. The summed E-state index contributed by atoms with van der Waals surface area (Å²) in [6, 6.07) is 6.16. The van der Waals surface area contributed by atoms with E-state index in [-0.39, 0.29) is 22.4 Å². The van der Waals surface area contributed by atoms with Gasteiger partial charge in [-0.1, -0.05) is 35.1 Å². The molecule has 0 bridgehead atoms. The molecule has 1 N–H and O–H groups in total. The van der Waals surface area contributed by atoms with E-state index in [2.05, 4.69) is 14.6 Å². The molecule has 0 radical (unpaired) electrons. The lowest BCUT2D eigenvalue weighted by atomic mass is 10.1. The number of hydrogen-bond acceptors (Lipinski definition) is 5. The Bertz CT molecular complexity index is 815. The highest BCUT2D eigenvalue weighted by Crippen LogP contribution is 2.31. The highest BCUT2D eigenvalue weighted by Gasteiger charge is 2.23. The van der Waals surface area contributed by atoms with E-state index in [0.29, 0.717) is 5.02 Å². The van der Waals surface area contributed by atoms with Crippen LogP contribution in [0.15, 0.2) is 30.5 Å². The third kappa shape index (κ3) is 4.97. The smallest absolute Gasteiger partial charge is 0.264 e. The van der Waals surface area contributed by atoms with Gasteiger partial charge in [-0.2, -0.15) is 0 Å². The third-order valence-corrected chi connectivity index (χ3v) is 5.14. The minimum absolute atomic E-state index is 0.0867. The Morgan fingerprint density at radius 3 is 2.70 bits per heavy atom. The number of benzene rings is 1. The van der Waals surface area contributed by atoms with Crippen molar-refractivity contribution in [3.63, 3.8) is 0 Å². The van der Waals surface area contributed by atoms with E-state index in [4.69, 9.17) is 27.9 Å². The maximum absolute atomic E-state index is 14.2. The monoisotopic (exact) mass is 429 g/mol. The van der Waals surface area contributed by atoms with Crippen molar-refractivity contribution in [1.82, 2.24) is 9.71 Å². The minimum atomic E-state index is -0.663. The highest BCUT2D eigenvalue weighted by atomic mass is 35.5. The number of nitrogens with one attached hydrogen (secondary N) is 1. The topological polar surface area (TPSA) is 54.5 Å². The van der Waals surface area contributed by atoms with Crippen LogP contribution in [0.2, 0.25) is 10.0 Å². The number of hydrogen-bond donors (Lipinski definition) is 1. The number of aromatic nitrogens is 1. The van der Waals surface area contributed by atoms with Crippen molar-refractivity contribution in [3.05, 3.63) is 51.9 Å². The van der Waals surface area contributed by atoms with Crippen molar-refractivity contribution in [3.8, 4) is 5.75 Å². The van der Waals surface area contributed by atoms with Crippen molar-refractivity contribution in [2.75, 3.05) is 24.2 Å². The molecule has 0 atom stereocenters. The molecule has 5 nitrogen and oxygen atoms in total. The molecule has 1 saturated heterocycles. The molecular weight excluding hydrogens is 412 g/mol. The average molecular weight is 430 g/mol. The first kappa shape index (κ1) is 20.0. The van der Waals surface area contributed by atoms with Crippen LogP contribution < -0.4 is 14.4 Å². The van der Waals surface area contributed by atoms with Crippen molar-refractivity contribution in [2.45, 2.75) is 18.9 Å². The standard InChI is InChI=1S/C18H18Cl2FN3O2S/c1-27-23-18(25)13-8-14(20)16(9-15(13)21)26-12-4-6-24(7-5-12)17-3-2-11(19)10-22-17/h2-3,8-10,12H,4-7H2,1H3,(H,23,25). The quantitative estimate of drug-likeness (QED) is 0.704. The second-order valence-electron chi connectivity index (χ2n) is 6.04. The van der Waals surface area contributed by atoms with Gasteiger partial charge in [0.25, 0.3) is 5.91 Å². The lowest BCUT2D eigenvalue weighted by Crippen LogP contribution is -2.38. The van der Waals surface area contributed by atoms with Crippen molar-refractivity contribution in [1.29, 1.82) is 0 Å². The van der Waals surface area contributed by atoms with E-state index >= 15 is 0 Å². The molecule has 0 aliphatic carbocycles. The highest BCUT2D eigenvalue weighted by molar-refractivity contribution is 7.97. The molecular formula is C18H18Cl2FN3O2S. The summed E-state index contributed by atoms with van der Waals surface area (Å²) in [6.07, 6.45) is 4.71. The van der Waals surface area contributed by atoms with Crippen LogP contribution in [0, 0.1) is 5.82 Å². The molecule has 2 aromatic rings. The lowest BCUT2D eigenvalue weighted by Gasteiger charge is -2.33. The summed E-state index contributed by atoms with van der Waals surface area (Å²) >= 11 is 13.2. The van der Waals surface area contributed by atoms with E-state index < -0.39 is 11.7 Å². The summed E-state index contributed by atoms with van der Waals surface area (Å²) in [7, 11) is 0. The molecule has 27 heavy (non-hydrogen) atoms. The van der Waals surface area contributed by atoms with Crippen LogP contribution in [0.25, 0.3) is 0 Å². The molecule has 0 unspecified atom stereocenters. The van der Waals surface area contributed by atoms with Gasteiger partial charge in [0.2, 0.25) is 0 Å². The Labute approximate surface area is 171 Å². The van der Waals surface area contributed by atoms with Crippen LogP contribution in [-0.4, -0.2) is 36.3 Å². The summed E-state index contributed by atoms with van der Waals surface area (Å²) in [5.41, 5.74) is -0.106. The molecule has 1 fully saturated rings. The van der Waals surface area contributed by atoms with Gasteiger partial charge < -0.3 is 9.64 Å². The first-order valence-corrected chi connectivity index (χ1v) is 10.3. The van der Waals surface area contributed by atoms with Gasteiger partial charge in [0, 0.05) is 44.5 Å². The molecule has 1 aromatic heterocycles. The predicted octanol–water partition coefficient (Wildman–Crippen LogP) is 4.58. The molecule has 0 spiro atoms. The number of pyridine rings is 1. The third-order valence-electron chi connectivity index (χ3n) is 4.23. The molecule has 1 aliphatic heterocycles. The Hall–Kier alpha value is -1.70. The molecule has 144 valence electrons. The zero-order chi connectivity index (χ0) is 19.4. The summed E-state index contributed by atoms with van der Waals surface area (Å²) in [4.78, 5) is 18.3. The van der Waals surface area contributed by atoms with Gasteiger partial charge in [-0.15, -0.1) is 0 Å². The summed E-state index contributed by atoms with van der Waals surface area (Å²) in [6.45, 7) is 1.52. The van der Waals surface area contributed by atoms with Gasteiger partial charge in [-0.25, -0.2) is 9.37 Å². The number of halogens is 3. The van der Waals surface area contributed by atoms with Crippen LogP contribution in [0.3, 0.4) is 0 Å². The van der Waals surface area contributed by atoms with E-state index in [1.807, 2.05) is 12.1 Å². The van der Waals surface area contributed by atoms with Crippen molar-refractivity contribution >= 4 is 46.9 Å². The second-order valence-corrected chi connectivity index (χ2v) is 7.49. The normalized spacial score (nSPS) is 14.9. The number of rotatable bonds is 5. The Kier molecular flexibility index (Phi) is 6.68. The van der Waals surface area contributed by atoms with Crippen LogP contribution in [0.5, 0.6) is 5.75 Å². The molecule has 1 aliphatic rings. The first-order valence-electron chi connectivity index (χ1n) is 8.33. The SMILES string of the molecule is CSNC(=O)c1cc(Cl)c(OC2CCN(c3ccc(Cl)cn3)CC2)cc1F. The molecule has 3 rings (SSSR count). The Morgan fingerprint density at radius 2 is 2.07 bits per heavy atom. The van der Waals surface area contributed by atoms with Crippen LogP contribution in [-0.2, 0) is 0 Å². The van der Waals surface area contributed by atoms with Crippen LogP contribution >= 0.6 is 35.1 Å². The van der Waals surface area contributed by atoms with Crippen LogP contribution in [0.1, 0.15) is 23.2 Å². The van der Waals surface area contributed by atoms with E-state index in [9.17, 15) is 9.18 Å². The first-order chi connectivity index (χ1) is 13.0. The zero-order valence-corrected chi connectivity index (χ0v) is 16.9. The van der Waals surface area contributed by atoms with Gasteiger partial charge in [0.05, 0.1) is 15.6 Å². The molecule has 9 heteroatoms. The predicted molar refractivity (Wildman–Crippen MR) is 108 cm³/mol. The molecule has 0 saturated carbocycles. The lowest BCUT2D eigenvalue weighted by molar-refractivity contribution is 0.0980. The maximum Gasteiger partial charge on any atom is 0.264 e. The Morgan fingerprint density at radius 1 is 1.33 bits per heavy atom. The summed E-state index contributed by atoms with van der Waals surface area (Å²) < 4.78 is 22.6. The molecule has 1 aromatic carbocycles. The zero-order valence-electron chi connectivity index (χ0n) is 14.5. The number of ether oxygens (including phenoxy) is 1. The fourth-order valence-corrected chi connectivity index (χ4v) is 3.49. The van der Waals surface area contributed by atoms with Crippen LogP contribution in [0.4, 0.5) is 10.2 Å². The van der Waals surface area contributed by atoms with Gasteiger partial charge >= 0.3 is 0 Å². The number of piperidine rings is 1. The molecule has 2 heterocycles. The van der Waals surface area contributed by atoms with Crippen molar-refractivity contribution in [2.24, 2.45) is 0 Å². The number of amides is 1. The second kappa shape index (κ2) is 8.99. The average Bonchev–Trinajstić information content (AvgIpc) is 2.66. The molecule has 1 amide bonds. The van der Waals surface area contributed by atoms with E-state index in [0.717, 1.165) is 43.7 Å². The largest absolute Gasteiger partial charge is 0.489 e. The fourth-order valence-electron chi connectivity index (χ4n) is 2.88. The van der Waals surface area contributed by atoms with Gasteiger partial charge in [-0.05, 0) is 18.2 Å². The fraction of sp³-hybridized carbons (Fsp3) is 0.333. The van der Waals surface area contributed by atoms with Gasteiger partial charge in [0.15, 0.2) is 0 Å².